The highest BCUT2D eigenvalue weighted by Gasteiger charge is 2.07. The van der Waals surface area contributed by atoms with Crippen molar-refractivity contribution >= 4 is 17.4 Å². The van der Waals surface area contributed by atoms with Crippen LogP contribution < -0.4 is 4.90 Å². The van der Waals surface area contributed by atoms with Crippen molar-refractivity contribution in [1.29, 1.82) is 0 Å². The Morgan fingerprint density at radius 2 is 1.77 bits per heavy atom. The summed E-state index contributed by atoms with van der Waals surface area (Å²) in [5.41, 5.74) is 7.76. The number of benzene rings is 2. The maximum Gasteiger partial charge on any atom is 0.158 e. The number of aromatic nitrogens is 3. The molecule has 4 heteroatoms. The minimum absolute atomic E-state index is 0.900. The summed E-state index contributed by atoms with van der Waals surface area (Å²) in [4.78, 5) is 10.9. The summed E-state index contributed by atoms with van der Waals surface area (Å²) in [5, 5.41) is 0. The highest BCUT2D eigenvalue weighted by Crippen LogP contribution is 2.22. The molecule has 0 bridgehead atoms. The second-order valence-electron chi connectivity index (χ2n) is 7.03. The molecule has 0 saturated carbocycles. The van der Waals surface area contributed by atoms with Gasteiger partial charge in [-0.3, -0.25) is 9.38 Å². The summed E-state index contributed by atoms with van der Waals surface area (Å²) in [6.45, 7) is 15.1. The zero-order valence-electron chi connectivity index (χ0n) is 19.6. The van der Waals surface area contributed by atoms with E-state index in [1.54, 1.807) is 6.20 Å². The average molecular weight is 415 g/mol. The number of rotatable bonds is 4. The van der Waals surface area contributed by atoms with Gasteiger partial charge in [0.1, 0.15) is 0 Å². The van der Waals surface area contributed by atoms with E-state index in [9.17, 15) is 0 Å². The summed E-state index contributed by atoms with van der Waals surface area (Å²) < 4.78 is 2.06. The predicted molar refractivity (Wildman–Crippen MR) is 135 cm³/mol. The zero-order chi connectivity index (χ0) is 22.8. The van der Waals surface area contributed by atoms with Crippen molar-refractivity contribution in [3.05, 3.63) is 90.5 Å². The third-order valence-corrected chi connectivity index (χ3v) is 4.94. The summed E-state index contributed by atoms with van der Waals surface area (Å²) in [6, 6.07) is 16.8. The van der Waals surface area contributed by atoms with Gasteiger partial charge >= 0.3 is 0 Å². The van der Waals surface area contributed by atoms with Gasteiger partial charge < -0.3 is 4.90 Å². The van der Waals surface area contributed by atoms with Gasteiger partial charge in [0.2, 0.25) is 0 Å². The minimum atomic E-state index is 0.900. The molecule has 0 spiro atoms. The Kier molecular flexibility index (Phi) is 9.01. The first-order chi connectivity index (χ1) is 15.0. The highest BCUT2D eigenvalue weighted by molar-refractivity contribution is 5.67. The van der Waals surface area contributed by atoms with Crippen molar-refractivity contribution in [3.8, 4) is 11.3 Å². The van der Waals surface area contributed by atoms with Crippen LogP contribution in [0.15, 0.2) is 73.7 Å². The van der Waals surface area contributed by atoms with E-state index in [1.807, 2.05) is 51.4 Å². The molecule has 4 aromatic rings. The number of anilines is 1. The first kappa shape index (κ1) is 23.9. The molecule has 0 N–H and O–H groups in total. The molecule has 0 aliphatic rings. The third-order valence-electron chi connectivity index (χ3n) is 4.94. The summed E-state index contributed by atoms with van der Waals surface area (Å²) in [7, 11) is 2.11. The van der Waals surface area contributed by atoms with Gasteiger partial charge in [-0.15, -0.1) is 0 Å². The fourth-order valence-electron chi connectivity index (χ4n) is 3.14. The molecule has 0 unspecified atom stereocenters. The molecule has 2 heterocycles. The van der Waals surface area contributed by atoms with Gasteiger partial charge in [-0.25, -0.2) is 4.98 Å². The number of fused-ring (bicyclic) bond motifs is 1. The van der Waals surface area contributed by atoms with Crippen molar-refractivity contribution in [3.63, 3.8) is 0 Å². The molecule has 0 amide bonds. The van der Waals surface area contributed by atoms with Crippen LogP contribution in [0.4, 0.5) is 5.69 Å². The number of hydrogen-bond acceptors (Lipinski definition) is 3. The Morgan fingerprint density at radius 3 is 2.45 bits per heavy atom. The standard InChI is InChI=1S/C15H13N3.C10H15N.C2H6/c1-3-12-5-4-6-13(9-12)14-10-17-15-11(2)16-7-8-18(14)15;1-4-11(3)10-7-5-6-9(2)8-10;1-2/h3-10H,1H2,2H3;5-8H,4H2,1-3H3;1-2H3. The Bertz CT molecular complexity index is 1110. The quantitative estimate of drug-likeness (QED) is 0.367. The van der Waals surface area contributed by atoms with E-state index in [0.29, 0.717) is 0 Å². The van der Waals surface area contributed by atoms with E-state index in [4.69, 9.17) is 0 Å². The fourth-order valence-corrected chi connectivity index (χ4v) is 3.14. The molecule has 0 saturated heterocycles. The van der Waals surface area contributed by atoms with Crippen molar-refractivity contribution in [2.24, 2.45) is 0 Å². The van der Waals surface area contributed by atoms with Gasteiger partial charge in [0.25, 0.3) is 0 Å². The molecular formula is C27H34N4. The molecule has 31 heavy (non-hydrogen) atoms. The van der Waals surface area contributed by atoms with Crippen LogP contribution in [-0.2, 0) is 0 Å². The van der Waals surface area contributed by atoms with Crippen LogP contribution in [0.2, 0.25) is 0 Å². The van der Waals surface area contributed by atoms with Crippen LogP contribution in [0, 0.1) is 13.8 Å². The summed E-state index contributed by atoms with van der Waals surface area (Å²) in [5.74, 6) is 0. The molecule has 0 aliphatic heterocycles. The molecule has 2 aromatic heterocycles. The Morgan fingerprint density at radius 1 is 1.03 bits per heavy atom. The first-order valence-electron chi connectivity index (χ1n) is 10.8. The van der Waals surface area contributed by atoms with Gasteiger partial charge in [-0.1, -0.05) is 56.8 Å². The maximum atomic E-state index is 4.42. The minimum Gasteiger partial charge on any atom is -0.375 e. The van der Waals surface area contributed by atoms with E-state index >= 15 is 0 Å². The number of nitrogens with zero attached hydrogens (tertiary/aromatic N) is 4. The third kappa shape index (κ3) is 6.05. The SMILES string of the molecule is C=Cc1cccc(-c2cnc3c(C)nccn23)c1.CC.CCN(C)c1cccc(C)c1. The van der Waals surface area contributed by atoms with Crippen molar-refractivity contribution in [2.75, 3.05) is 18.5 Å². The molecule has 162 valence electrons. The maximum absolute atomic E-state index is 4.42. The van der Waals surface area contributed by atoms with E-state index in [0.717, 1.165) is 34.7 Å². The van der Waals surface area contributed by atoms with Gasteiger partial charge in [0, 0.05) is 37.2 Å². The van der Waals surface area contributed by atoms with Crippen LogP contribution in [0.25, 0.3) is 23.0 Å². The molecule has 4 nitrogen and oxygen atoms in total. The summed E-state index contributed by atoms with van der Waals surface area (Å²) >= 11 is 0. The number of imidazole rings is 1. The monoisotopic (exact) mass is 414 g/mol. The van der Waals surface area contributed by atoms with Crippen LogP contribution in [-0.4, -0.2) is 28.0 Å². The zero-order valence-corrected chi connectivity index (χ0v) is 19.6. The Hall–Kier alpha value is -3.40. The molecular weight excluding hydrogens is 380 g/mol. The number of hydrogen-bond donors (Lipinski definition) is 0. The van der Waals surface area contributed by atoms with E-state index < -0.39 is 0 Å². The Balaban J connectivity index is 0.000000226. The van der Waals surface area contributed by atoms with Gasteiger partial charge in [0.05, 0.1) is 17.6 Å². The molecule has 4 rings (SSSR count). The van der Waals surface area contributed by atoms with Crippen LogP contribution in [0.3, 0.4) is 0 Å². The van der Waals surface area contributed by atoms with Crippen LogP contribution >= 0.6 is 0 Å². The second-order valence-corrected chi connectivity index (χ2v) is 7.03. The lowest BCUT2D eigenvalue weighted by molar-refractivity contribution is 0.967. The average Bonchev–Trinajstić information content (AvgIpc) is 3.26. The smallest absolute Gasteiger partial charge is 0.158 e. The molecule has 2 aromatic carbocycles. The molecule has 0 atom stereocenters. The van der Waals surface area contributed by atoms with Crippen LogP contribution in [0.5, 0.6) is 0 Å². The normalized spacial score (nSPS) is 9.87. The van der Waals surface area contributed by atoms with Gasteiger partial charge in [0.15, 0.2) is 5.65 Å². The fraction of sp³-hybridized carbons (Fsp3) is 0.259. The van der Waals surface area contributed by atoms with Crippen molar-refractivity contribution < 1.29 is 0 Å². The lowest BCUT2D eigenvalue weighted by Gasteiger charge is -2.16. The van der Waals surface area contributed by atoms with Crippen molar-refractivity contribution in [1.82, 2.24) is 14.4 Å². The molecule has 0 radical (unpaired) electrons. The summed E-state index contributed by atoms with van der Waals surface area (Å²) in [6.07, 6.45) is 7.46. The van der Waals surface area contributed by atoms with Crippen LogP contribution in [0.1, 0.15) is 37.6 Å². The van der Waals surface area contributed by atoms with E-state index in [2.05, 4.69) is 83.1 Å². The Labute approximate surface area is 186 Å². The lowest BCUT2D eigenvalue weighted by Crippen LogP contribution is -2.15. The number of aryl methyl sites for hydroxylation is 2. The highest BCUT2D eigenvalue weighted by atomic mass is 15.1. The van der Waals surface area contributed by atoms with E-state index in [-0.39, 0.29) is 0 Å². The van der Waals surface area contributed by atoms with Gasteiger partial charge in [-0.05, 0) is 50.1 Å². The van der Waals surface area contributed by atoms with E-state index in [1.165, 1.54) is 11.3 Å². The molecule has 0 fully saturated rings. The first-order valence-corrected chi connectivity index (χ1v) is 10.8. The van der Waals surface area contributed by atoms with Crippen molar-refractivity contribution in [2.45, 2.75) is 34.6 Å². The topological polar surface area (TPSA) is 33.4 Å². The van der Waals surface area contributed by atoms with Gasteiger partial charge in [-0.2, -0.15) is 0 Å². The lowest BCUT2D eigenvalue weighted by atomic mass is 10.1. The predicted octanol–water partition coefficient (Wildman–Crippen LogP) is 6.83. The largest absolute Gasteiger partial charge is 0.375 e. The molecule has 0 aliphatic carbocycles. The second kappa shape index (κ2) is 11.7.